The Morgan fingerprint density at radius 3 is 2.24 bits per heavy atom. The Hall–Kier alpha value is -3.73. The molecule has 0 N–H and O–H groups in total. The molecule has 5 heteroatoms. The summed E-state index contributed by atoms with van der Waals surface area (Å²) in [6.07, 6.45) is 0. The highest BCUT2D eigenvalue weighted by Gasteiger charge is 2.27. The Morgan fingerprint density at radius 2 is 1.56 bits per heavy atom. The van der Waals surface area contributed by atoms with Gasteiger partial charge in [-0.25, -0.2) is 4.68 Å². The fraction of sp³-hybridized carbons (Fsp3) is 0.276. The summed E-state index contributed by atoms with van der Waals surface area (Å²) >= 11 is 0. The van der Waals surface area contributed by atoms with Crippen LogP contribution in [0.25, 0.3) is 22.0 Å². The number of hydrogen-bond donors (Lipinski definition) is 0. The van der Waals surface area contributed by atoms with Crippen molar-refractivity contribution < 1.29 is 4.79 Å². The van der Waals surface area contributed by atoms with Gasteiger partial charge in [0, 0.05) is 23.0 Å². The third kappa shape index (κ3) is 4.79. The minimum absolute atomic E-state index is 0.119. The molecule has 0 aliphatic heterocycles. The van der Waals surface area contributed by atoms with Crippen LogP contribution in [0.3, 0.4) is 0 Å². The molecule has 0 unspecified atom stereocenters. The number of amides is 1. The van der Waals surface area contributed by atoms with Crippen molar-refractivity contribution in [2.24, 2.45) is 0 Å². The van der Waals surface area contributed by atoms with E-state index in [1.807, 2.05) is 88.0 Å². The first-order valence-electron chi connectivity index (χ1n) is 11.6. The lowest BCUT2D eigenvalue weighted by Gasteiger charge is -2.36. The smallest absolute Gasteiger partial charge is 0.275 e. The maximum atomic E-state index is 13.5. The largest absolute Gasteiger partial charge is 0.332 e. The SMILES string of the molecule is Cc1ccc(C)c(-c2nn(CC(=O)N(Cc3ccccc3)C(C)(C)C)c(=O)c3ccccc23)c1. The van der Waals surface area contributed by atoms with Crippen LogP contribution >= 0.6 is 0 Å². The van der Waals surface area contributed by atoms with Gasteiger partial charge in [0.05, 0.1) is 11.1 Å². The topological polar surface area (TPSA) is 55.2 Å². The highest BCUT2D eigenvalue weighted by molar-refractivity contribution is 5.94. The number of fused-ring (bicyclic) bond motifs is 1. The number of rotatable bonds is 5. The first kappa shape index (κ1) is 23.4. The predicted octanol–water partition coefficient (Wildman–Crippen LogP) is 5.51. The van der Waals surface area contributed by atoms with E-state index < -0.39 is 5.54 Å². The zero-order valence-corrected chi connectivity index (χ0v) is 20.5. The van der Waals surface area contributed by atoms with E-state index in [9.17, 15) is 9.59 Å². The molecular formula is C29H31N3O2. The molecule has 3 aromatic carbocycles. The number of hydrogen-bond acceptors (Lipinski definition) is 3. The van der Waals surface area contributed by atoms with Crippen molar-refractivity contribution >= 4 is 16.7 Å². The van der Waals surface area contributed by atoms with E-state index in [-0.39, 0.29) is 18.0 Å². The molecule has 4 aromatic rings. The predicted molar refractivity (Wildman–Crippen MR) is 138 cm³/mol. The zero-order valence-electron chi connectivity index (χ0n) is 20.5. The van der Waals surface area contributed by atoms with Crippen LogP contribution in [0.4, 0.5) is 0 Å². The van der Waals surface area contributed by atoms with Gasteiger partial charge in [0.25, 0.3) is 5.56 Å². The second-order valence-corrected chi connectivity index (χ2v) is 9.81. The van der Waals surface area contributed by atoms with E-state index >= 15 is 0 Å². The van der Waals surface area contributed by atoms with Crippen LogP contribution in [-0.2, 0) is 17.9 Å². The quantitative estimate of drug-likeness (QED) is 0.400. The number of carbonyl (C=O) groups excluding carboxylic acids is 1. The third-order valence-electron chi connectivity index (χ3n) is 6.10. The second kappa shape index (κ2) is 9.26. The standard InChI is InChI=1S/C29H31N3O2/c1-20-15-16-21(2)25(17-20)27-23-13-9-10-14-24(23)28(34)32(30-27)19-26(33)31(29(3,4)5)18-22-11-7-6-8-12-22/h6-17H,18-19H2,1-5H3. The average Bonchev–Trinajstić information content (AvgIpc) is 2.81. The highest BCUT2D eigenvalue weighted by Crippen LogP contribution is 2.28. The van der Waals surface area contributed by atoms with E-state index in [0.717, 1.165) is 33.3 Å². The van der Waals surface area contributed by atoms with Gasteiger partial charge in [0.15, 0.2) is 0 Å². The van der Waals surface area contributed by atoms with Gasteiger partial charge in [-0.3, -0.25) is 9.59 Å². The fourth-order valence-electron chi connectivity index (χ4n) is 4.21. The van der Waals surface area contributed by atoms with E-state index in [1.165, 1.54) is 4.68 Å². The van der Waals surface area contributed by atoms with Crippen LogP contribution in [0.1, 0.15) is 37.5 Å². The summed E-state index contributed by atoms with van der Waals surface area (Å²) in [7, 11) is 0. The van der Waals surface area contributed by atoms with Crippen LogP contribution in [0.2, 0.25) is 0 Å². The van der Waals surface area contributed by atoms with Crippen molar-refractivity contribution in [2.45, 2.75) is 53.2 Å². The fourth-order valence-corrected chi connectivity index (χ4v) is 4.21. The lowest BCUT2D eigenvalue weighted by molar-refractivity contribution is -0.137. The van der Waals surface area contributed by atoms with E-state index in [2.05, 4.69) is 18.2 Å². The molecule has 0 bridgehead atoms. The van der Waals surface area contributed by atoms with Crippen molar-refractivity contribution in [1.82, 2.24) is 14.7 Å². The molecule has 0 saturated carbocycles. The molecule has 5 nitrogen and oxygen atoms in total. The zero-order chi connectivity index (χ0) is 24.5. The lowest BCUT2D eigenvalue weighted by atomic mass is 9.99. The molecule has 0 radical (unpaired) electrons. The van der Waals surface area contributed by atoms with Crippen molar-refractivity contribution in [2.75, 3.05) is 0 Å². The monoisotopic (exact) mass is 453 g/mol. The molecule has 174 valence electrons. The summed E-state index contributed by atoms with van der Waals surface area (Å²) < 4.78 is 1.32. The summed E-state index contributed by atoms with van der Waals surface area (Å²) in [6.45, 7) is 10.4. The van der Waals surface area contributed by atoms with Gasteiger partial charge in [-0.05, 0) is 57.9 Å². The van der Waals surface area contributed by atoms with Crippen molar-refractivity contribution in [3.63, 3.8) is 0 Å². The second-order valence-electron chi connectivity index (χ2n) is 9.81. The first-order chi connectivity index (χ1) is 16.1. The van der Waals surface area contributed by atoms with Gasteiger partial charge >= 0.3 is 0 Å². The van der Waals surface area contributed by atoms with E-state index in [0.29, 0.717) is 11.9 Å². The number of benzene rings is 3. The number of nitrogens with zero attached hydrogens (tertiary/aromatic N) is 3. The first-order valence-corrected chi connectivity index (χ1v) is 11.6. The Balaban J connectivity index is 1.80. The highest BCUT2D eigenvalue weighted by atomic mass is 16.2. The lowest BCUT2D eigenvalue weighted by Crippen LogP contribution is -2.47. The van der Waals surface area contributed by atoms with Gasteiger partial charge in [0.1, 0.15) is 6.54 Å². The summed E-state index contributed by atoms with van der Waals surface area (Å²) in [5, 5.41) is 6.10. The Kier molecular flexibility index (Phi) is 6.38. The number of carbonyl (C=O) groups is 1. The minimum atomic E-state index is -0.413. The van der Waals surface area contributed by atoms with Gasteiger partial charge in [-0.1, -0.05) is 66.2 Å². The molecule has 0 fully saturated rings. The summed E-state index contributed by atoms with van der Waals surface area (Å²) in [6, 6.07) is 23.6. The van der Waals surface area contributed by atoms with Crippen LogP contribution in [-0.4, -0.2) is 26.1 Å². The Bertz CT molecular complexity index is 1400. The molecular weight excluding hydrogens is 422 g/mol. The molecule has 4 rings (SSSR count). The van der Waals surface area contributed by atoms with Crippen LogP contribution in [0.15, 0.2) is 77.6 Å². The average molecular weight is 454 g/mol. The van der Waals surface area contributed by atoms with Crippen molar-refractivity contribution in [3.8, 4) is 11.3 Å². The van der Waals surface area contributed by atoms with Gasteiger partial charge in [-0.2, -0.15) is 5.10 Å². The summed E-state index contributed by atoms with van der Waals surface area (Å²) in [5.41, 5.74) is 4.24. The summed E-state index contributed by atoms with van der Waals surface area (Å²) in [5.74, 6) is -0.145. The number of aryl methyl sites for hydroxylation is 2. The van der Waals surface area contributed by atoms with Crippen LogP contribution in [0.5, 0.6) is 0 Å². The molecule has 0 spiro atoms. The Labute approximate surface area is 200 Å². The molecule has 1 amide bonds. The summed E-state index contributed by atoms with van der Waals surface area (Å²) in [4.78, 5) is 28.7. The van der Waals surface area contributed by atoms with Crippen LogP contribution in [0, 0.1) is 13.8 Å². The van der Waals surface area contributed by atoms with E-state index in [1.54, 1.807) is 6.07 Å². The van der Waals surface area contributed by atoms with E-state index in [4.69, 9.17) is 5.10 Å². The van der Waals surface area contributed by atoms with Gasteiger partial charge in [0.2, 0.25) is 5.91 Å². The third-order valence-corrected chi connectivity index (χ3v) is 6.10. The minimum Gasteiger partial charge on any atom is -0.332 e. The van der Waals surface area contributed by atoms with Gasteiger partial charge in [-0.15, -0.1) is 0 Å². The molecule has 0 atom stereocenters. The normalized spacial score (nSPS) is 11.6. The maximum absolute atomic E-state index is 13.5. The molecule has 0 aliphatic carbocycles. The molecule has 1 aromatic heterocycles. The molecule has 0 saturated heterocycles. The number of aromatic nitrogens is 2. The van der Waals surface area contributed by atoms with Crippen molar-refractivity contribution in [3.05, 3.63) is 99.8 Å². The molecule has 1 heterocycles. The molecule has 34 heavy (non-hydrogen) atoms. The van der Waals surface area contributed by atoms with Crippen molar-refractivity contribution in [1.29, 1.82) is 0 Å². The molecule has 0 aliphatic rings. The Morgan fingerprint density at radius 1 is 0.912 bits per heavy atom. The van der Waals surface area contributed by atoms with Crippen LogP contribution < -0.4 is 5.56 Å². The maximum Gasteiger partial charge on any atom is 0.275 e. The van der Waals surface area contributed by atoms with Gasteiger partial charge < -0.3 is 4.90 Å².